The van der Waals surface area contributed by atoms with E-state index in [1.807, 2.05) is 0 Å². The highest BCUT2D eigenvalue weighted by Gasteiger charge is 2.14. The zero-order valence-electron chi connectivity index (χ0n) is 11.3. The molecule has 2 aliphatic heterocycles. The van der Waals surface area contributed by atoms with E-state index in [0.717, 1.165) is 0 Å². The SMILES string of the molecule is C1=C2CCCCCCCCCCC(CCC1)O2. The van der Waals surface area contributed by atoms with Crippen molar-refractivity contribution in [3.63, 3.8) is 0 Å². The van der Waals surface area contributed by atoms with Crippen LogP contribution in [0.1, 0.15) is 83.5 Å². The maximum Gasteiger partial charge on any atom is 0.0982 e. The molecule has 1 nitrogen and oxygen atoms in total. The summed E-state index contributed by atoms with van der Waals surface area (Å²) in [5.74, 6) is 1.31. The quantitative estimate of drug-likeness (QED) is 0.550. The fourth-order valence-corrected chi connectivity index (χ4v) is 3.03. The maximum atomic E-state index is 6.19. The Hall–Kier alpha value is -0.460. The van der Waals surface area contributed by atoms with Gasteiger partial charge in [-0.05, 0) is 44.6 Å². The third kappa shape index (κ3) is 5.14. The van der Waals surface area contributed by atoms with Crippen molar-refractivity contribution < 1.29 is 4.74 Å². The molecule has 2 aliphatic rings. The number of rotatable bonds is 0. The minimum absolute atomic E-state index is 0.532. The number of fused-ring (bicyclic) bond motifs is 2. The Morgan fingerprint density at radius 1 is 0.765 bits per heavy atom. The summed E-state index contributed by atoms with van der Waals surface area (Å²) in [6.07, 6.45) is 20.5. The Morgan fingerprint density at radius 3 is 2.24 bits per heavy atom. The van der Waals surface area contributed by atoms with E-state index in [4.69, 9.17) is 4.74 Å². The average Bonchev–Trinajstić information content (AvgIpc) is 2.54. The second kappa shape index (κ2) is 7.79. The molecule has 2 bridgehead atoms. The second-order valence-electron chi connectivity index (χ2n) is 5.71. The van der Waals surface area contributed by atoms with Gasteiger partial charge in [-0.25, -0.2) is 0 Å². The van der Waals surface area contributed by atoms with E-state index in [9.17, 15) is 0 Å². The van der Waals surface area contributed by atoms with E-state index in [0.29, 0.717) is 6.10 Å². The van der Waals surface area contributed by atoms with E-state index in [2.05, 4.69) is 6.08 Å². The van der Waals surface area contributed by atoms with Gasteiger partial charge in [-0.15, -0.1) is 0 Å². The molecule has 98 valence electrons. The zero-order valence-corrected chi connectivity index (χ0v) is 11.3. The molecule has 1 unspecified atom stereocenters. The summed E-state index contributed by atoms with van der Waals surface area (Å²) in [5.41, 5.74) is 0. The highest BCUT2D eigenvalue weighted by atomic mass is 16.5. The molecule has 0 spiro atoms. The number of ether oxygens (including phenoxy) is 1. The third-order valence-electron chi connectivity index (χ3n) is 4.12. The molecule has 0 aromatic heterocycles. The van der Waals surface area contributed by atoms with E-state index in [-0.39, 0.29) is 0 Å². The fourth-order valence-electron chi connectivity index (χ4n) is 3.03. The van der Waals surface area contributed by atoms with Crippen LogP contribution in [0.4, 0.5) is 0 Å². The predicted molar refractivity (Wildman–Crippen MR) is 73.0 cm³/mol. The highest BCUT2D eigenvalue weighted by molar-refractivity contribution is 4.96. The largest absolute Gasteiger partial charge is 0.495 e. The van der Waals surface area contributed by atoms with Gasteiger partial charge in [0, 0.05) is 6.42 Å². The van der Waals surface area contributed by atoms with Crippen molar-refractivity contribution >= 4 is 0 Å². The molecule has 1 saturated heterocycles. The van der Waals surface area contributed by atoms with Gasteiger partial charge in [0.05, 0.1) is 11.9 Å². The van der Waals surface area contributed by atoms with Crippen LogP contribution in [0.3, 0.4) is 0 Å². The summed E-state index contributed by atoms with van der Waals surface area (Å²) in [5, 5.41) is 0. The van der Waals surface area contributed by atoms with Crippen LogP contribution in [-0.4, -0.2) is 6.10 Å². The van der Waals surface area contributed by atoms with Gasteiger partial charge >= 0.3 is 0 Å². The highest BCUT2D eigenvalue weighted by Crippen LogP contribution is 2.25. The number of allylic oxidation sites excluding steroid dienone is 2. The number of hydrogen-bond acceptors (Lipinski definition) is 1. The molecule has 1 atom stereocenters. The molecule has 17 heavy (non-hydrogen) atoms. The summed E-state index contributed by atoms with van der Waals surface area (Å²) < 4.78 is 6.19. The minimum Gasteiger partial charge on any atom is -0.495 e. The summed E-state index contributed by atoms with van der Waals surface area (Å²) in [4.78, 5) is 0. The lowest BCUT2D eigenvalue weighted by Gasteiger charge is -2.18. The zero-order chi connectivity index (χ0) is 11.8. The summed E-state index contributed by atoms with van der Waals surface area (Å²) in [6, 6.07) is 0. The van der Waals surface area contributed by atoms with Gasteiger partial charge in [0.1, 0.15) is 0 Å². The molecule has 0 aromatic carbocycles. The Bertz CT molecular complexity index is 232. The lowest BCUT2D eigenvalue weighted by molar-refractivity contribution is 0.0953. The first kappa shape index (κ1) is 13.0. The van der Waals surface area contributed by atoms with Crippen LogP contribution in [0.5, 0.6) is 0 Å². The minimum atomic E-state index is 0.532. The van der Waals surface area contributed by atoms with Crippen molar-refractivity contribution in [3.8, 4) is 0 Å². The Morgan fingerprint density at radius 2 is 1.41 bits per heavy atom. The van der Waals surface area contributed by atoms with E-state index in [1.54, 1.807) is 0 Å². The third-order valence-corrected chi connectivity index (χ3v) is 4.12. The molecule has 0 radical (unpaired) electrons. The van der Waals surface area contributed by atoms with E-state index in [1.165, 1.54) is 89.2 Å². The van der Waals surface area contributed by atoms with Crippen LogP contribution in [0, 0.1) is 0 Å². The van der Waals surface area contributed by atoms with E-state index < -0.39 is 0 Å². The topological polar surface area (TPSA) is 9.23 Å². The molecule has 1 heteroatoms. The normalized spacial score (nSPS) is 28.7. The van der Waals surface area contributed by atoms with Crippen LogP contribution in [0.15, 0.2) is 11.8 Å². The average molecular weight is 236 g/mol. The van der Waals surface area contributed by atoms with Crippen molar-refractivity contribution in [2.24, 2.45) is 0 Å². The molecule has 0 N–H and O–H groups in total. The van der Waals surface area contributed by atoms with Gasteiger partial charge in [-0.2, -0.15) is 0 Å². The summed E-state index contributed by atoms with van der Waals surface area (Å²) in [7, 11) is 0. The molecule has 2 heterocycles. The predicted octanol–water partition coefficient (Wildman–Crippen LogP) is 5.35. The number of hydrogen-bond donors (Lipinski definition) is 0. The maximum absolute atomic E-state index is 6.19. The van der Waals surface area contributed by atoms with Crippen LogP contribution in [0.2, 0.25) is 0 Å². The van der Waals surface area contributed by atoms with Gasteiger partial charge in [-0.3, -0.25) is 0 Å². The molecule has 0 saturated carbocycles. The first-order valence-electron chi connectivity index (χ1n) is 7.81. The molecular formula is C16H28O. The molecular weight excluding hydrogens is 208 g/mol. The first-order valence-corrected chi connectivity index (χ1v) is 7.81. The van der Waals surface area contributed by atoms with Gasteiger partial charge in [0.25, 0.3) is 0 Å². The first-order chi connectivity index (χ1) is 8.45. The smallest absolute Gasteiger partial charge is 0.0982 e. The van der Waals surface area contributed by atoms with Crippen molar-refractivity contribution in [1.29, 1.82) is 0 Å². The lowest BCUT2D eigenvalue weighted by atomic mass is 10.0. The van der Waals surface area contributed by atoms with Crippen molar-refractivity contribution in [3.05, 3.63) is 11.8 Å². The van der Waals surface area contributed by atoms with Crippen LogP contribution >= 0.6 is 0 Å². The monoisotopic (exact) mass is 236 g/mol. The van der Waals surface area contributed by atoms with Crippen LogP contribution in [0.25, 0.3) is 0 Å². The fraction of sp³-hybridized carbons (Fsp3) is 0.875. The van der Waals surface area contributed by atoms with Gasteiger partial charge < -0.3 is 4.74 Å². The molecule has 0 aliphatic carbocycles. The Labute approximate surface area is 107 Å². The molecule has 1 fully saturated rings. The standard InChI is InChI=1S/C16H28O/c1-2-4-6-8-12-16-14-10-9-13-15(17-16)11-7-5-3-1/h13,16H,1-12,14H2. The van der Waals surface area contributed by atoms with Crippen molar-refractivity contribution in [2.45, 2.75) is 89.6 Å². The Kier molecular flexibility index (Phi) is 5.95. The van der Waals surface area contributed by atoms with Gasteiger partial charge in [0.2, 0.25) is 0 Å². The molecule has 2 rings (SSSR count). The van der Waals surface area contributed by atoms with Crippen molar-refractivity contribution in [2.75, 3.05) is 0 Å². The molecule has 0 amide bonds. The van der Waals surface area contributed by atoms with E-state index >= 15 is 0 Å². The van der Waals surface area contributed by atoms with Crippen LogP contribution in [-0.2, 0) is 4.74 Å². The summed E-state index contributed by atoms with van der Waals surface area (Å²) in [6.45, 7) is 0. The van der Waals surface area contributed by atoms with Crippen molar-refractivity contribution in [1.82, 2.24) is 0 Å². The second-order valence-corrected chi connectivity index (χ2v) is 5.71. The summed E-state index contributed by atoms with van der Waals surface area (Å²) >= 11 is 0. The Balaban J connectivity index is 1.85. The lowest BCUT2D eigenvalue weighted by Crippen LogP contribution is -2.11. The van der Waals surface area contributed by atoms with Gasteiger partial charge in [0.15, 0.2) is 0 Å². The van der Waals surface area contributed by atoms with Crippen LogP contribution < -0.4 is 0 Å². The van der Waals surface area contributed by atoms with Gasteiger partial charge in [-0.1, -0.05) is 38.5 Å². The molecule has 0 aromatic rings.